The Kier molecular flexibility index (Phi) is 3.11. The smallest absolute Gasteiger partial charge is 0.508 e. The van der Waals surface area contributed by atoms with E-state index in [4.69, 9.17) is 15.2 Å². The third-order valence-electron chi connectivity index (χ3n) is 1.53. The van der Waals surface area contributed by atoms with E-state index in [1.807, 2.05) is 0 Å². The highest BCUT2D eigenvalue weighted by atomic mass is 19.4. The Labute approximate surface area is 82.7 Å². The Bertz CT molecular complexity index is 353. The average molecular weight is 222 g/mol. The maximum absolute atomic E-state index is 11.8. The molecule has 0 atom stereocenters. The molecule has 0 spiro atoms. The lowest BCUT2D eigenvalue weighted by Crippen LogP contribution is -2.33. The van der Waals surface area contributed by atoms with Crippen LogP contribution < -0.4 is 10.2 Å². The van der Waals surface area contributed by atoms with Crippen molar-refractivity contribution in [3.05, 3.63) is 18.2 Å². The lowest BCUT2D eigenvalue weighted by Gasteiger charge is -2.13. The number of hydrogen-bond acceptors (Lipinski definition) is 4. The van der Waals surface area contributed by atoms with Crippen molar-refractivity contribution < 1.29 is 33.1 Å². The van der Waals surface area contributed by atoms with Crippen LogP contribution in [0.3, 0.4) is 0 Å². The number of ether oxygens (including phenoxy) is 1. The molecule has 0 bridgehead atoms. The van der Waals surface area contributed by atoms with Crippen LogP contribution in [0.5, 0.6) is 11.5 Å². The van der Waals surface area contributed by atoms with Gasteiger partial charge in [0.05, 0.1) is 5.46 Å². The van der Waals surface area contributed by atoms with Gasteiger partial charge in [0.15, 0.2) is 0 Å². The van der Waals surface area contributed by atoms with Crippen LogP contribution in [-0.2, 0) is 0 Å². The van der Waals surface area contributed by atoms with Gasteiger partial charge in [0.2, 0.25) is 0 Å². The van der Waals surface area contributed by atoms with E-state index in [1.54, 1.807) is 0 Å². The van der Waals surface area contributed by atoms with Crippen LogP contribution in [0, 0.1) is 0 Å². The molecule has 0 radical (unpaired) electrons. The second-order valence-corrected chi connectivity index (χ2v) is 2.61. The Hall–Kier alpha value is -1.41. The fourth-order valence-electron chi connectivity index (χ4n) is 1.01. The van der Waals surface area contributed by atoms with Gasteiger partial charge in [-0.15, -0.1) is 13.2 Å². The molecule has 1 aromatic carbocycles. The molecule has 8 heteroatoms. The summed E-state index contributed by atoms with van der Waals surface area (Å²) in [6.07, 6.45) is -4.96. The molecule has 0 saturated carbocycles. The average Bonchev–Trinajstić information content (AvgIpc) is 1.99. The van der Waals surface area contributed by atoms with Crippen LogP contribution in [0.25, 0.3) is 0 Å². The number of phenolic OH excluding ortho intramolecular Hbond substituents is 1. The van der Waals surface area contributed by atoms with Gasteiger partial charge in [0, 0.05) is 0 Å². The van der Waals surface area contributed by atoms with Crippen LogP contribution >= 0.6 is 0 Å². The Morgan fingerprint density at radius 3 is 2.27 bits per heavy atom. The van der Waals surface area contributed by atoms with Crippen molar-refractivity contribution in [2.75, 3.05) is 0 Å². The van der Waals surface area contributed by atoms with Gasteiger partial charge in [-0.1, -0.05) is 6.07 Å². The van der Waals surface area contributed by atoms with Gasteiger partial charge < -0.3 is 19.9 Å². The summed E-state index contributed by atoms with van der Waals surface area (Å²) < 4.78 is 39.0. The lowest BCUT2D eigenvalue weighted by atomic mass is 9.79. The van der Waals surface area contributed by atoms with Gasteiger partial charge in [-0.05, 0) is 12.1 Å². The van der Waals surface area contributed by atoms with E-state index in [9.17, 15) is 13.2 Å². The Morgan fingerprint density at radius 1 is 1.20 bits per heavy atom. The van der Waals surface area contributed by atoms with Gasteiger partial charge in [-0.25, -0.2) is 0 Å². The van der Waals surface area contributed by atoms with E-state index in [-0.39, 0.29) is 0 Å². The fraction of sp³-hybridized carbons (Fsp3) is 0.143. The van der Waals surface area contributed by atoms with Crippen LogP contribution in [0.1, 0.15) is 0 Å². The molecule has 0 saturated heterocycles. The molecule has 3 N–H and O–H groups in total. The van der Waals surface area contributed by atoms with Gasteiger partial charge in [0.25, 0.3) is 0 Å². The first-order chi connectivity index (χ1) is 6.81. The highest BCUT2D eigenvalue weighted by molar-refractivity contribution is 6.60. The van der Waals surface area contributed by atoms with E-state index < -0.39 is 30.4 Å². The number of halogens is 3. The van der Waals surface area contributed by atoms with E-state index in [0.717, 1.165) is 18.2 Å². The monoisotopic (exact) mass is 222 g/mol. The van der Waals surface area contributed by atoms with Crippen LogP contribution in [-0.4, -0.2) is 28.6 Å². The summed E-state index contributed by atoms with van der Waals surface area (Å²) in [7, 11) is -2.25. The van der Waals surface area contributed by atoms with Crippen molar-refractivity contribution in [3.8, 4) is 11.5 Å². The van der Waals surface area contributed by atoms with Crippen molar-refractivity contribution >= 4 is 12.6 Å². The molecule has 0 heterocycles. The molecule has 0 fully saturated rings. The third-order valence-corrected chi connectivity index (χ3v) is 1.53. The van der Waals surface area contributed by atoms with E-state index in [2.05, 4.69) is 4.74 Å². The molecule has 0 aromatic heterocycles. The summed E-state index contributed by atoms with van der Waals surface area (Å²) in [6.45, 7) is 0. The molecular weight excluding hydrogens is 216 g/mol. The predicted octanol–water partition coefficient (Wildman–Crippen LogP) is -0.0294. The normalized spacial score (nSPS) is 11.3. The molecule has 15 heavy (non-hydrogen) atoms. The van der Waals surface area contributed by atoms with Crippen molar-refractivity contribution in [1.82, 2.24) is 0 Å². The number of benzene rings is 1. The van der Waals surface area contributed by atoms with Gasteiger partial charge >= 0.3 is 13.5 Å². The third kappa shape index (κ3) is 3.03. The zero-order chi connectivity index (χ0) is 11.6. The summed E-state index contributed by atoms with van der Waals surface area (Å²) >= 11 is 0. The minimum atomic E-state index is -4.96. The largest absolute Gasteiger partial charge is 0.573 e. The maximum Gasteiger partial charge on any atom is 0.573 e. The van der Waals surface area contributed by atoms with Crippen LogP contribution in [0.4, 0.5) is 13.2 Å². The second kappa shape index (κ2) is 3.99. The number of aromatic hydroxyl groups is 1. The molecule has 0 amide bonds. The zero-order valence-electron chi connectivity index (χ0n) is 7.19. The van der Waals surface area contributed by atoms with Crippen molar-refractivity contribution in [2.45, 2.75) is 6.36 Å². The molecule has 82 valence electrons. The lowest BCUT2D eigenvalue weighted by molar-refractivity contribution is -0.274. The predicted molar refractivity (Wildman–Crippen MR) is 44.6 cm³/mol. The first-order valence-corrected chi connectivity index (χ1v) is 3.75. The topological polar surface area (TPSA) is 69.9 Å². The van der Waals surface area contributed by atoms with Crippen molar-refractivity contribution in [3.63, 3.8) is 0 Å². The van der Waals surface area contributed by atoms with E-state index in [1.165, 1.54) is 0 Å². The van der Waals surface area contributed by atoms with Crippen LogP contribution in [0.2, 0.25) is 0 Å². The summed E-state index contributed by atoms with van der Waals surface area (Å²) in [5, 5.41) is 26.6. The van der Waals surface area contributed by atoms with Gasteiger partial charge in [-0.3, -0.25) is 0 Å². The molecule has 4 nitrogen and oxygen atoms in total. The first-order valence-electron chi connectivity index (χ1n) is 3.75. The molecule has 1 aromatic rings. The molecule has 1 rings (SSSR count). The highest BCUT2D eigenvalue weighted by Crippen LogP contribution is 2.23. The Morgan fingerprint density at radius 2 is 1.80 bits per heavy atom. The highest BCUT2D eigenvalue weighted by Gasteiger charge is 2.34. The standard InChI is InChI=1S/C7H6BF3O4/c9-7(10,11)15-5-3-1-2-4(12)6(5)8(13)14/h1-3,12-14H. The number of hydrogen-bond donors (Lipinski definition) is 3. The van der Waals surface area contributed by atoms with Gasteiger partial charge in [-0.2, -0.15) is 0 Å². The molecule has 0 aliphatic heterocycles. The van der Waals surface area contributed by atoms with Gasteiger partial charge in [0.1, 0.15) is 11.5 Å². The number of alkyl halides is 3. The zero-order valence-corrected chi connectivity index (χ0v) is 7.19. The second-order valence-electron chi connectivity index (χ2n) is 2.61. The van der Waals surface area contributed by atoms with Crippen molar-refractivity contribution in [1.29, 1.82) is 0 Å². The minimum absolute atomic E-state index is 0.688. The fourth-order valence-corrected chi connectivity index (χ4v) is 1.01. The number of rotatable bonds is 2. The van der Waals surface area contributed by atoms with Crippen molar-refractivity contribution in [2.24, 2.45) is 0 Å². The number of phenols is 1. The molecule has 0 aliphatic carbocycles. The summed E-state index contributed by atoms with van der Waals surface area (Å²) in [5.74, 6) is -1.54. The van der Waals surface area contributed by atoms with Crippen LogP contribution in [0.15, 0.2) is 18.2 Å². The summed E-state index contributed by atoms with van der Waals surface area (Å²) in [5.41, 5.74) is -0.727. The maximum atomic E-state index is 11.8. The SMILES string of the molecule is OB(O)c1c(O)cccc1OC(F)(F)F. The Balaban J connectivity index is 3.12. The summed E-state index contributed by atoms with van der Waals surface area (Å²) in [6, 6.07) is 2.96. The van der Waals surface area contributed by atoms with E-state index >= 15 is 0 Å². The molecule has 0 aliphatic rings. The van der Waals surface area contributed by atoms with E-state index in [0.29, 0.717) is 0 Å². The quantitative estimate of drug-likeness (QED) is 0.614. The summed E-state index contributed by atoms with van der Waals surface area (Å²) in [4.78, 5) is 0. The first kappa shape index (κ1) is 11.7. The molecule has 0 unspecified atom stereocenters. The molecular formula is C7H6BF3O4. The minimum Gasteiger partial charge on any atom is -0.508 e.